The smallest absolute Gasteiger partial charge is 0.462 e. The van der Waals surface area contributed by atoms with Crippen LogP contribution >= 0.6 is 11.6 Å². The molecule has 4 nitrogen and oxygen atoms in total. The van der Waals surface area contributed by atoms with E-state index in [1.807, 2.05) is 0 Å². The number of alkyl halides is 3. The summed E-state index contributed by atoms with van der Waals surface area (Å²) in [5.74, 6) is -1.79. The Morgan fingerprint density at radius 3 is 2.65 bits per heavy atom. The maximum atomic E-state index is 12.1. The van der Waals surface area contributed by atoms with Crippen molar-refractivity contribution < 1.29 is 27.4 Å². The second-order valence-corrected chi connectivity index (χ2v) is 3.17. The number of carbonyl (C=O) groups excluding carboxylic acids is 1. The van der Waals surface area contributed by atoms with E-state index in [2.05, 4.69) is 14.5 Å². The molecule has 94 valence electrons. The maximum Gasteiger partial charge on any atom is 0.573 e. The number of pyridine rings is 1. The summed E-state index contributed by atoms with van der Waals surface area (Å²) in [7, 11) is 0. The number of ether oxygens (including phenoxy) is 2. The second-order valence-electron chi connectivity index (χ2n) is 2.76. The van der Waals surface area contributed by atoms with E-state index in [-0.39, 0.29) is 11.6 Å². The zero-order chi connectivity index (χ0) is 13.1. The summed E-state index contributed by atoms with van der Waals surface area (Å²) in [6, 6.07) is 0. The van der Waals surface area contributed by atoms with Gasteiger partial charge >= 0.3 is 12.3 Å². The summed E-state index contributed by atoms with van der Waals surface area (Å²) in [5, 5.41) is -0.273. The lowest BCUT2D eigenvalue weighted by Crippen LogP contribution is -2.20. The number of hydrogen-bond donors (Lipinski definition) is 0. The van der Waals surface area contributed by atoms with Gasteiger partial charge in [0, 0.05) is 6.20 Å². The molecule has 0 bridgehead atoms. The van der Waals surface area contributed by atoms with Gasteiger partial charge in [0.2, 0.25) is 0 Å². The maximum absolute atomic E-state index is 12.1. The van der Waals surface area contributed by atoms with E-state index < -0.39 is 23.6 Å². The molecule has 0 aliphatic heterocycles. The SMILES string of the molecule is CCOC(=O)c1c(Cl)cncc1OC(F)(F)F. The van der Waals surface area contributed by atoms with Crippen molar-refractivity contribution in [2.45, 2.75) is 13.3 Å². The van der Waals surface area contributed by atoms with Crippen molar-refractivity contribution in [3.05, 3.63) is 23.0 Å². The van der Waals surface area contributed by atoms with E-state index in [9.17, 15) is 18.0 Å². The zero-order valence-corrected chi connectivity index (χ0v) is 9.30. The summed E-state index contributed by atoms with van der Waals surface area (Å²) in [5.41, 5.74) is -0.499. The molecular weight excluding hydrogens is 263 g/mol. The van der Waals surface area contributed by atoms with Gasteiger partial charge < -0.3 is 9.47 Å². The van der Waals surface area contributed by atoms with Gasteiger partial charge in [-0.05, 0) is 6.92 Å². The van der Waals surface area contributed by atoms with Crippen molar-refractivity contribution in [3.8, 4) is 5.75 Å². The van der Waals surface area contributed by atoms with Crippen LogP contribution in [0, 0.1) is 0 Å². The summed E-state index contributed by atoms with van der Waals surface area (Å²) < 4.78 is 44.4. The summed E-state index contributed by atoms with van der Waals surface area (Å²) in [6.45, 7) is 1.51. The molecule has 0 amide bonds. The number of carbonyl (C=O) groups is 1. The molecule has 0 radical (unpaired) electrons. The van der Waals surface area contributed by atoms with E-state index in [0.29, 0.717) is 0 Å². The average molecular weight is 270 g/mol. The molecule has 0 saturated heterocycles. The molecule has 1 rings (SSSR count). The summed E-state index contributed by atoms with van der Waals surface area (Å²) in [6.07, 6.45) is -3.17. The van der Waals surface area contributed by atoms with Crippen LogP contribution < -0.4 is 4.74 Å². The number of rotatable bonds is 3. The molecule has 0 aromatic carbocycles. The summed E-state index contributed by atoms with van der Waals surface area (Å²) >= 11 is 5.58. The van der Waals surface area contributed by atoms with Crippen LogP contribution in [0.1, 0.15) is 17.3 Å². The Balaban J connectivity index is 3.13. The molecule has 8 heteroatoms. The van der Waals surface area contributed by atoms with Crippen LogP contribution in [-0.4, -0.2) is 23.9 Å². The largest absolute Gasteiger partial charge is 0.573 e. The predicted molar refractivity (Wildman–Crippen MR) is 51.9 cm³/mol. The Hall–Kier alpha value is -1.50. The van der Waals surface area contributed by atoms with Crippen molar-refractivity contribution in [1.29, 1.82) is 0 Å². The molecule has 0 saturated carbocycles. The van der Waals surface area contributed by atoms with Crippen molar-refractivity contribution in [1.82, 2.24) is 4.98 Å². The minimum atomic E-state index is -4.94. The molecule has 0 aliphatic rings. The number of nitrogens with zero attached hydrogens (tertiary/aromatic N) is 1. The van der Waals surface area contributed by atoms with Gasteiger partial charge in [0.05, 0.1) is 17.8 Å². The number of esters is 1. The predicted octanol–water partition coefficient (Wildman–Crippen LogP) is 2.81. The van der Waals surface area contributed by atoms with Crippen LogP contribution in [-0.2, 0) is 4.74 Å². The molecule has 1 heterocycles. The topological polar surface area (TPSA) is 48.4 Å². The van der Waals surface area contributed by atoms with Crippen molar-refractivity contribution >= 4 is 17.6 Å². The highest BCUT2D eigenvalue weighted by Crippen LogP contribution is 2.30. The van der Waals surface area contributed by atoms with Gasteiger partial charge in [-0.15, -0.1) is 13.2 Å². The Bertz CT molecular complexity index is 422. The fourth-order valence-corrected chi connectivity index (χ4v) is 1.25. The number of hydrogen-bond acceptors (Lipinski definition) is 4. The third-order valence-corrected chi connectivity index (χ3v) is 1.86. The van der Waals surface area contributed by atoms with E-state index >= 15 is 0 Å². The molecule has 0 spiro atoms. The van der Waals surface area contributed by atoms with Crippen molar-refractivity contribution in [3.63, 3.8) is 0 Å². The number of aromatic nitrogens is 1. The van der Waals surface area contributed by atoms with Crippen LogP contribution in [0.5, 0.6) is 5.75 Å². The van der Waals surface area contributed by atoms with Gasteiger partial charge in [-0.1, -0.05) is 11.6 Å². The van der Waals surface area contributed by atoms with E-state index in [1.54, 1.807) is 0 Å². The molecule has 1 aromatic rings. The molecular formula is C9H7ClF3NO3. The second kappa shape index (κ2) is 5.22. The Morgan fingerprint density at radius 2 is 2.12 bits per heavy atom. The van der Waals surface area contributed by atoms with E-state index in [1.165, 1.54) is 6.92 Å². The highest BCUT2D eigenvalue weighted by molar-refractivity contribution is 6.33. The molecule has 17 heavy (non-hydrogen) atoms. The highest BCUT2D eigenvalue weighted by atomic mass is 35.5. The van der Waals surface area contributed by atoms with Crippen molar-refractivity contribution in [2.75, 3.05) is 6.61 Å². The van der Waals surface area contributed by atoms with Crippen LogP contribution in [0.2, 0.25) is 5.02 Å². The van der Waals surface area contributed by atoms with Gasteiger partial charge in [0.25, 0.3) is 0 Å². The van der Waals surface area contributed by atoms with Crippen LogP contribution in [0.3, 0.4) is 0 Å². The normalized spacial score (nSPS) is 11.1. The molecule has 0 fully saturated rings. The lowest BCUT2D eigenvalue weighted by atomic mass is 10.2. The lowest BCUT2D eigenvalue weighted by molar-refractivity contribution is -0.274. The Labute approximate surface area is 99.3 Å². The van der Waals surface area contributed by atoms with Gasteiger partial charge in [0.15, 0.2) is 5.75 Å². The fraction of sp³-hybridized carbons (Fsp3) is 0.333. The van der Waals surface area contributed by atoms with Crippen LogP contribution in [0.15, 0.2) is 12.4 Å². The molecule has 0 N–H and O–H groups in total. The highest BCUT2D eigenvalue weighted by Gasteiger charge is 2.34. The lowest BCUT2D eigenvalue weighted by Gasteiger charge is -2.12. The van der Waals surface area contributed by atoms with Gasteiger partial charge in [-0.3, -0.25) is 4.98 Å². The minimum absolute atomic E-state index is 0.00292. The van der Waals surface area contributed by atoms with Gasteiger partial charge in [-0.2, -0.15) is 0 Å². The Kier molecular flexibility index (Phi) is 4.17. The van der Waals surface area contributed by atoms with Gasteiger partial charge in [0.1, 0.15) is 5.56 Å². The first-order valence-corrected chi connectivity index (χ1v) is 4.79. The number of halogens is 4. The third kappa shape index (κ3) is 3.77. The molecule has 0 unspecified atom stereocenters. The van der Waals surface area contributed by atoms with E-state index in [4.69, 9.17) is 11.6 Å². The Morgan fingerprint density at radius 1 is 1.47 bits per heavy atom. The van der Waals surface area contributed by atoms with Crippen LogP contribution in [0.25, 0.3) is 0 Å². The van der Waals surface area contributed by atoms with Crippen LogP contribution in [0.4, 0.5) is 13.2 Å². The first-order chi connectivity index (χ1) is 7.85. The molecule has 0 atom stereocenters. The zero-order valence-electron chi connectivity index (χ0n) is 8.55. The first kappa shape index (κ1) is 13.6. The van der Waals surface area contributed by atoms with E-state index in [0.717, 1.165) is 12.4 Å². The minimum Gasteiger partial charge on any atom is -0.462 e. The summed E-state index contributed by atoms with van der Waals surface area (Å²) in [4.78, 5) is 14.8. The fourth-order valence-electron chi connectivity index (χ4n) is 1.02. The first-order valence-electron chi connectivity index (χ1n) is 4.41. The van der Waals surface area contributed by atoms with Gasteiger partial charge in [-0.25, -0.2) is 4.79 Å². The quantitative estimate of drug-likeness (QED) is 0.792. The average Bonchev–Trinajstić information content (AvgIpc) is 2.15. The standard InChI is InChI=1S/C9H7ClF3NO3/c1-2-16-8(15)7-5(10)3-14-4-6(7)17-9(11,12)13/h3-4H,2H2,1H3. The van der Waals surface area contributed by atoms with Crippen molar-refractivity contribution in [2.24, 2.45) is 0 Å². The third-order valence-electron chi connectivity index (χ3n) is 1.57. The molecule has 1 aromatic heterocycles. The monoisotopic (exact) mass is 269 g/mol. The molecule has 0 aliphatic carbocycles.